The number of hydrogen-bond acceptors (Lipinski definition) is 2. The molecule has 1 saturated carbocycles. The third-order valence-electron chi connectivity index (χ3n) is 3.03. The number of aromatic amines is 1. The van der Waals surface area contributed by atoms with Crippen LogP contribution in [0, 0.1) is 0 Å². The third-order valence-corrected chi connectivity index (χ3v) is 4.26. The summed E-state index contributed by atoms with van der Waals surface area (Å²) < 4.78 is 0. The molecule has 0 aromatic carbocycles. The number of rotatable bonds is 5. The molecule has 1 aliphatic rings. The number of thioether (sulfide) groups is 1. The lowest BCUT2D eigenvalue weighted by Crippen LogP contribution is -2.26. The minimum Gasteiger partial charge on any atom is -0.364 e. The molecular formula is C12H20N2S. The van der Waals surface area contributed by atoms with E-state index < -0.39 is 0 Å². The van der Waals surface area contributed by atoms with Crippen molar-refractivity contribution in [3.8, 4) is 0 Å². The molecule has 15 heavy (non-hydrogen) atoms. The summed E-state index contributed by atoms with van der Waals surface area (Å²) in [5.41, 5.74) is 1.29. The number of aromatic nitrogens is 1. The summed E-state index contributed by atoms with van der Waals surface area (Å²) in [6.45, 7) is 3.24. The first-order valence-electron chi connectivity index (χ1n) is 5.85. The van der Waals surface area contributed by atoms with Crippen LogP contribution in [0.2, 0.25) is 0 Å². The van der Waals surface area contributed by atoms with E-state index in [1.54, 1.807) is 0 Å². The summed E-state index contributed by atoms with van der Waals surface area (Å²) >= 11 is 2.12. The van der Waals surface area contributed by atoms with Crippen LogP contribution in [0.25, 0.3) is 0 Å². The maximum Gasteiger partial charge on any atom is 0.0359 e. The molecule has 1 aromatic rings. The fourth-order valence-electron chi connectivity index (χ4n) is 2.24. The van der Waals surface area contributed by atoms with Crippen LogP contribution in [0.4, 0.5) is 0 Å². The Morgan fingerprint density at radius 1 is 1.53 bits per heavy atom. The van der Waals surface area contributed by atoms with Crippen molar-refractivity contribution < 1.29 is 0 Å². The molecule has 1 fully saturated rings. The summed E-state index contributed by atoms with van der Waals surface area (Å²) in [6.07, 6.45) is 6.07. The Labute approximate surface area is 96.2 Å². The maximum absolute atomic E-state index is 3.63. The lowest BCUT2D eigenvalue weighted by Gasteiger charge is -2.12. The zero-order chi connectivity index (χ0) is 10.5. The predicted octanol–water partition coefficient (Wildman–Crippen LogP) is 2.78. The van der Waals surface area contributed by atoms with Crippen molar-refractivity contribution in [2.75, 3.05) is 5.75 Å². The highest BCUT2D eigenvalue weighted by Crippen LogP contribution is 2.29. The number of hydrogen-bond donors (Lipinski definition) is 2. The van der Waals surface area contributed by atoms with Crippen molar-refractivity contribution in [1.82, 2.24) is 10.3 Å². The second-order valence-corrected chi connectivity index (χ2v) is 5.74. The molecule has 0 aliphatic heterocycles. The molecule has 0 amide bonds. The third kappa shape index (κ3) is 3.28. The Hall–Kier alpha value is -0.410. The highest BCUT2D eigenvalue weighted by Gasteiger charge is 2.23. The Kier molecular flexibility index (Phi) is 4.15. The molecule has 2 unspecified atom stereocenters. The van der Waals surface area contributed by atoms with E-state index in [0.717, 1.165) is 17.8 Å². The normalized spacial score (nSPS) is 25.9. The number of H-pyrrole nitrogens is 1. The van der Waals surface area contributed by atoms with Crippen LogP contribution < -0.4 is 5.32 Å². The van der Waals surface area contributed by atoms with Gasteiger partial charge in [-0.3, -0.25) is 0 Å². The van der Waals surface area contributed by atoms with Crippen LogP contribution in [0.15, 0.2) is 18.3 Å². The first-order valence-corrected chi connectivity index (χ1v) is 6.90. The maximum atomic E-state index is 3.63. The molecule has 84 valence electrons. The van der Waals surface area contributed by atoms with Gasteiger partial charge in [0, 0.05) is 29.7 Å². The fraction of sp³-hybridized carbons (Fsp3) is 0.667. The van der Waals surface area contributed by atoms with Gasteiger partial charge >= 0.3 is 0 Å². The molecule has 0 saturated heterocycles. The molecule has 3 heteroatoms. The quantitative estimate of drug-likeness (QED) is 0.805. The summed E-state index contributed by atoms with van der Waals surface area (Å²) in [7, 11) is 0. The van der Waals surface area contributed by atoms with Gasteiger partial charge in [0.05, 0.1) is 0 Å². The van der Waals surface area contributed by atoms with Gasteiger partial charge in [0.1, 0.15) is 0 Å². The Bertz CT molecular complexity index is 271. The minimum absolute atomic E-state index is 0.734. The van der Waals surface area contributed by atoms with Crippen molar-refractivity contribution in [2.24, 2.45) is 0 Å². The molecule has 1 aliphatic carbocycles. The van der Waals surface area contributed by atoms with E-state index >= 15 is 0 Å². The van der Waals surface area contributed by atoms with Crippen molar-refractivity contribution in [1.29, 1.82) is 0 Å². The van der Waals surface area contributed by atoms with Gasteiger partial charge in [-0.25, -0.2) is 0 Å². The largest absolute Gasteiger partial charge is 0.364 e. The zero-order valence-electron chi connectivity index (χ0n) is 9.33. The SMILES string of the molecule is CCSC1CCC(NCc2ccc[nH]2)C1. The van der Waals surface area contributed by atoms with Gasteiger partial charge in [-0.15, -0.1) is 0 Å². The van der Waals surface area contributed by atoms with Gasteiger partial charge in [0.25, 0.3) is 0 Å². The van der Waals surface area contributed by atoms with E-state index in [0.29, 0.717) is 0 Å². The average molecular weight is 224 g/mol. The summed E-state index contributed by atoms with van der Waals surface area (Å²) in [4.78, 5) is 3.23. The molecule has 0 spiro atoms. The molecule has 2 nitrogen and oxygen atoms in total. The van der Waals surface area contributed by atoms with Crippen LogP contribution in [-0.4, -0.2) is 22.0 Å². The van der Waals surface area contributed by atoms with E-state index in [1.807, 2.05) is 6.20 Å². The van der Waals surface area contributed by atoms with Gasteiger partial charge in [-0.2, -0.15) is 11.8 Å². The summed E-state index contributed by atoms with van der Waals surface area (Å²) in [5.74, 6) is 1.26. The smallest absolute Gasteiger partial charge is 0.0359 e. The van der Waals surface area contributed by atoms with Crippen molar-refractivity contribution in [3.63, 3.8) is 0 Å². The van der Waals surface area contributed by atoms with Crippen LogP contribution in [0.1, 0.15) is 31.9 Å². The molecule has 2 rings (SSSR count). The zero-order valence-corrected chi connectivity index (χ0v) is 10.1. The molecule has 2 N–H and O–H groups in total. The molecule has 0 radical (unpaired) electrons. The summed E-state index contributed by atoms with van der Waals surface area (Å²) in [6, 6.07) is 4.93. The van der Waals surface area contributed by atoms with Crippen molar-refractivity contribution >= 4 is 11.8 Å². The topological polar surface area (TPSA) is 27.8 Å². The first-order chi connectivity index (χ1) is 7.38. The van der Waals surface area contributed by atoms with Gasteiger partial charge in [-0.05, 0) is 37.1 Å². The van der Waals surface area contributed by atoms with Gasteiger partial charge < -0.3 is 10.3 Å². The van der Waals surface area contributed by atoms with Gasteiger partial charge in [0.15, 0.2) is 0 Å². The lowest BCUT2D eigenvalue weighted by molar-refractivity contribution is 0.521. The number of nitrogens with one attached hydrogen (secondary N) is 2. The molecule has 2 atom stereocenters. The van der Waals surface area contributed by atoms with Gasteiger partial charge in [0.2, 0.25) is 0 Å². The van der Waals surface area contributed by atoms with E-state index in [4.69, 9.17) is 0 Å². The molecule has 1 aromatic heterocycles. The second-order valence-electron chi connectivity index (χ2n) is 4.16. The molecule has 0 bridgehead atoms. The minimum atomic E-state index is 0.734. The first kappa shape index (κ1) is 11.1. The standard InChI is InChI=1S/C12H20N2S/c1-2-15-12-6-5-10(8-12)14-9-11-4-3-7-13-11/h3-4,7,10,12-14H,2,5-6,8-9H2,1H3. The molecular weight excluding hydrogens is 204 g/mol. The Morgan fingerprint density at radius 2 is 2.47 bits per heavy atom. The van der Waals surface area contributed by atoms with Crippen LogP contribution >= 0.6 is 11.8 Å². The van der Waals surface area contributed by atoms with Gasteiger partial charge in [-0.1, -0.05) is 6.92 Å². The lowest BCUT2D eigenvalue weighted by atomic mass is 10.2. The monoisotopic (exact) mass is 224 g/mol. The predicted molar refractivity (Wildman–Crippen MR) is 67.2 cm³/mol. The van der Waals surface area contributed by atoms with Crippen LogP contribution in [0.3, 0.4) is 0 Å². The van der Waals surface area contributed by atoms with Crippen molar-refractivity contribution in [3.05, 3.63) is 24.0 Å². The highest BCUT2D eigenvalue weighted by molar-refractivity contribution is 7.99. The van der Waals surface area contributed by atoms with Crippen LogP contribution in [0.5, 0.6) is 0 Å². The van der Waals surface area contributed by atoms with Crippen molar-refractivity contribution in [2.45, 2.75) is 44.0 Å². The average Bonchev–Trinajstić information content (AvgIpc) is 2.85. The fourth-order valence-corrected chi connectivity index (χ4v) is 3.39. The highest BCUT2D eigenvalue weighted by atomic mass is 32.2. The molecule has 1 heterocycles. The van der Waals surface area contributed by atoms with E-state index in [2.05, 4.69) is 41.1 Å². The Balaban J connectivity index is 1.69. The van der Waals surface area contributed by atoms with E-state index in [9.17, 15) is 0 Å². The summed E-state index contributed by atoms with van der Waals surface area (Å²) in [5, 5.41) is 4.53. The van der Waals surface area contributed by atoms with E-state index in [1.165, 1.54) is 30.7 Å². The van der Waals surface area contributed by atoms with E-state index in [-0.39, 0.29) is 0 Å². The second kappa shape index (κ2) is 5.61. The van der Waals surface area contributed by atoms with Crippen LogP contribution in [-0.2, 0) is 6.54 Å². The Morgan fingerprint density at radius 3 is 3.20 bits per heavy atom.